The second-order valence-corrected chi connectivity index (χ2v) is 5.05. The molecule has 1 aliphatic heterocycles. The molecule has 1 fully saturated rings. The number of anilines is 1. The van der Waals surface area contributed by atoms with E-state index in [9.17, 15) is 5.11 Å². The predicted octanol–water partition coefficient (Wildman–Crippen LogP) is 2.04. The van der Waals surface area contributed by atoms with E-state index in [4.69, 9.17) is 11.6 Å². The number of aromatic nitrogens is 2. The van der Waals surface area contributed by atoms with Gasteiger partial charge in [0, 0.05) is 19.2 Å². The van der Waals surface area contributed by atoms with E-state index in [0.29, 0.717) is 16.9 Å². The van der Waals surface area contributed by atoms with Crippen LogP contribution in [0.25, 0.3) is 0 Å². The standard InChI is InChI=1S/C12H18ClN3O/c1-8(17)10-3-5-16(6-4-10)12-7-11(13)14-9(2)15-12/h7-8,10,17H,3-6H2,1-2H3/t8-/m1/s1. The van der Waals surface area contributed by atoms with E-state index in [-0.39, 0.29) is 6.10 Å². The summed E-state index contributed by atoms with van der Waals surface area (Å²) in [4.78, 5) is 10.7. The van der Waals surface area contributed by atoms with Gasteiger partial charge >= 0.3 is 0 Å². The molecule has 94 valence electrons. The quantitative estimate of drug-likeness (QED) is 0.822. The zero-order chi connectivity index (χ0) is 12.4. The maximum absolute atomic E-state index is 9.56. The summed E-state index contributed by atoms with van der Waals surface area (Å²) in [6.45, 7) is 5.55. The van der Waals surface area contributed by atoms with Crippen molar-refractivity contribution in [3.63, 3.8) is 0 Å². The molecular weight excluding hydrogens is 238 g/mol. The van der Waals surface area contributed by atoms with Gasteiger partial charge in [-0.15, -0.1) is 0 Å². The Labute approximate surface area is 107 Å². The summed E-state index contributed by atoms with van der Waals surface area (Å²) in [5.41, 5.74) is 0. The zero-order valence-electron chi connectivity index (χ0n) is 10.2. The molecule has 0 saturated carbocycles. The van der Waals surface area contributed by atoms with Gasteiger partial charge in [-0.25, -0.2) is 9.97 Å². The Kier molecular flexibility index (Phi) is 3.84. The Morgan fingerprint density at radius 3 is 2.59 bits per heavy atom. The number of aryl methyl sites for hydroxylation is 1. The van der Waals surface area contributed by atoms with Crippen molar-refractivity contribution in [3.8, 4) is 0 Å². The summed E-state index contributed by atoms with van der Waals surface area (Å²) in [5.74, 6) is 2.00. The third-order valence-electron chi connectivity index (χ3n) is 3.34. The minimum atomic E-state index is -0.215. The average molecular weight is 256 g/mol. The molecule has 4 nitrogen and oxygen atoms in total. The summed E-state index contributed by atoms with van der Waals surface area (Å²) < 4.78 is 0. The van der Waals surface area contributed by atoms with Crippen LogP contribution in [0.3, 0.4) is 0 Å². The molecule has 1 atom stereocenters. The molecule has 0 spiro atoms. The minimum Gasteiger partial charge on any atom is -0.393 e. The van der Waals surface area contributed by atoms with Gasteiger partial charge < -0.3 is 10.0 Å². The fourth-order valence-electron chi connectivity index (χ4n) is 2.29. The molecule has 5 heteroatoms. The van der Waals surface area contributed by atoms with E-state index in [1.165, 1.54) is 0 Å². The second kappa shape index (κ2) is 5.19. The molecule has 1 aromatic rings. The SMILES string of the molecule is Cc1nc(Cl)cc(N2CCC([C@@H](C)O)CC2)n1. The van der Waals surface area contributed by atoms with Crippen molar-refractivity contribution >= 4 is 17.4 Å². The lowest BCUT2D eigenvalue weighted by molar-refractivity contribution is 0.110. The summed E-state index contributed by atoms with van der Waals surface area (Å²) >= 11 is 5.93. The lowest BCUT2D eigenvalue weighted by Gasteiger charge is -2.34. The monoisotopic (exact) mass is 255 g/mol. The molecule has 0 aliphatic carbocycles. The molecule has 1 aromatic heterocycles. The van der Waals surface area contributed by atoms with E-state index in [1.807, 2.05) is 13.8 Å². The Morgan fingerprint density at radius 2 is 2.06 bits per heavy atom. The van der Waals surface area contributed by atoms with Crippen molar-refractivity contribution in [2.45, 2.75) is 32.8 Å². The highest BCUT2D eigenvalue weighted by Crippen LogP contribution is 2.25. The largest absolute Gasteiger partial charge is 0.393 e. The van der Waals surface area contributed by atoms with Crippen LogP contribution in [-0.2, 0) is 0 Å². The van der Waals surface area contributed by atoms with E-state index >= 15 is 0 Å². The Morgan fingerprint density at radius 1 is 1.41 bits per heavy atom. The summed E-state index contributed by atoms with van der Waals surface area (Å²) in [5, 5.41) is 10.0. The molecule has 1 N–H and O–H groups in total. The molecule has 1 saturated heterocycles. The van der Waals surface area contributed by atoms with E-state index < -0.39 is 0 Å². The smallest absolute Gasteiger partial charge is 0.134 e. The fourth-order valence-corrected chi connectivity index (χ4v) is 2.51. The topological polar surface area (TPSA) is 49.2 Å². The lowest BCUT2D eigenvalue weighted by atomic mass is 9.92. The van der Waals surface area contributed by atoms with Crippen molar-refractivity contribution in [3.05, 3.63) is 17.0 Å². The highest BCUT2D eigenvalue weighted by molar-refractivity contribution is 6.29. The van der Waals surface area contributed by atoms with Crippen LogP contribution in [0, 0.1) is 12.8 Å². The van der Waals surface area contributed by atoms with Gasteiger partial charge in [-0.3, -0.25) is 0 Å². The van der Waals surface area contributed by atoms with E-state index in [2.05, 4.69) is 14.9 Å². The van der Waals surface area contributed by atoms with Crippen LogP contribution in [0.2, 0.25) is 5.15 Å². The number of hydrogen-bond donors (Lipinski definition) is 1. The van der Waals surface area contributed by atoms with Gasteiger partial charge in [0.2, 0.25) is 0 Å². The molecular formula is C12H18ClN3O. The highest BCUT2D eigenvalue weighted by atomic mass is 35.5. The maximum atomic E-state index is 9.56. The molecule has 0 bridgehead atoms. The number of piperidine rings is 1. The first-order valence-corrected chi connectivity index (χ1v) is 6.38. The van der Waals surface area contributed by atoms with Gasteiger partial charge in [0.25, 0.3) is 0 Å². The van der Waals surface area contributed by atoms with Crippen LogP contribution < -0.4 is 4.90 Å². The maximum Gasteiger partial charge on any atom is 0.134 e. The summed E-state index contributed by atoms with van der Waals surface area (Å²) in [6, 6.07) is 1.80. The molecule has 0 amide bonds. The number of aliphatic hydroxyl groups excluding tert-OH is 1. The van der Waals surface area contributed by atoms with Crippen molar-refractivity contribution in [2.75, 3.05) is 18.0 Å². The first-order valence-electron chi connectivity index (χ1n) is 6.00. The van der Waals surface area contributed by atoms with Gasteiger partial charge in [0.15, 0.2) is 0 Å². The average Bonchev–Trinajstić information content (AvgIpc) is 2.28. The van der Waals surface area contributed by atoms with Crippen molar-refractivity contribution in [1.82, 2.24) is 9.97 Å². The van der Waals surface area contributed by atoms with Crippen LogP contribution in [-0.4, -0.2) is 34.3 Å². The van der Waals surface area contributed by atoms with Crippen molar-refractivity contribution in [1.29, 1.82) is 0 Å². The summed E-state index contributed by atoms with van der Waals surface area (Å²) in [7, 11) is 0. The lowest BCUT2D eigenvalue weighted by Crippen LogP contribution is -2.37. The number of halogens is 1. The molecule has 0 unspecified atom stereocenters. The van der Waals surface area contributed by atoms with Crippen LogP contribution >= 0.6 is 11.6 Å². The van der Waals surface area contributed by atoms with Crippen LogP contribution in [0.1, 0.15) is 25.6 Å². The normalized spacial score (nSPS) is 19.4. The van der Waals surface area contributed by atoms with Crippen molar-refractivity contribution in [2.24, 2.45) is 5.92 Å². The van der Waals surface area contributed by atoms with Gasteiger partial charge in [-0.05, 0) is 32.6 Å². The van der Waals surface area contributed by atoms with Gasteiger partial charge in [0.1, 0.15) is 16.8 Å². The van der Waals surface area contributed by atoms with Crippen LogP contribution in [0.4, 0.5) is 5.82 Å². The third kappa shape index (κ3) is 3.07. The fraction of sp³-hybridized carbons (Fsp3) is 0.667. The van der Waals surface area contributed by atoms with Crippen molar-refractivity contribution < 1.29 is 5.11 Å². The molecule has 2 heterocycles. The van der Waals surface area contributed by atoms with Gasteiger partial charge in [-0.2, -0.15) is 0 Å². The van der Waals surface area contributed by atoms with E-state index in [0.717, 1.165) is 31.7 Å². The number of rotatable bonds is 2. The summed E-state index contributed by atoms with van der Waals surface area (Å²) in [6.07, 6.45) is 1.78. The van der Waals surface area contributed by atoms with Gasteiger partial charge in [0.05, 0.1) is 6.10 Å². The number of nitrogens with zero attached hydrogens (tertiary/aromatic N) is 3. The van der Waals surface area contributed by atoms with Crippen LogP contribution in [0.15, 0.2) is 6.07 Å². The second-order valence-electron chi connectivity index (χ2n) is 4.66. The predicted molar refractivity (Wildman–Crippen MR) is 68.4 cm³/mol. The minimum absolute atomic E-state index is 0.215. The molecule has 0 radical (unpaired) electrons. The Hall–Kier alpha value is -0.870. The first-order chi connectivity index (χ1) is 8.06. The Balaban J connectivity index is 2.05. The number of aliphatic hydroxyl groups is 1. The molecule has 1 aliphatic rings. The highest BCUT2D eigenvalue weighted by Gasteiger charge is 2.23. The first kappa shape index (κ1) is 12.6. The molecule has 2 rings (SSSR count). The number of hydrogen-bond acceptors (Lipinski definition) is 4. The Bertz CT molecular complexity index is 369. The molecule has 0 aromatic carbocycles. The van der Waals surface area contributed by atoms with Gasteiger partial charge in [-0.1, -0.05) is 11.6 Å². The third-order valence-corrected chi connectivity index (χ3v) is 3.53. The van der Waals surface area contributed by atoms with Crippen LogP contribution in [0.5, 0.6) is 0 Å². The molecule has 17 heavy (non-hydrogen) atoms. The van der Waals surface area contributed by atoms with E-state index in [1.54, 1.807) is 6.07 Å². The zero-order valence-corrected chi connectivity index (χ0v) is 11.0.